The number of furan rings is 1. The molecular formula is C21H21FN2O4. The minimum atomic E-state index is -0.988. The lowest BCUT2D eigenvalue weighted by Crippen LogP contribution is -2.47. The van der Waals surface area contributed by atoms with E-state index in [9.17, 15) is 14.0 Å². The summed E-state index contributed by atoms with van der Waals surface area (Å²) in [6.07, 6.45) is 0.596. The van der Waals surface area contributed by atoms with Crippen molar-refractivity contribution in [2.45, 2.75) is 33.3 Å². The maximum atomic E-state index is 13.6. The number of nitrogens with one attached hydrogen (secondary N) is 2. The van der Waals surface area contributed by atoms with Crippen LogP contribution in [0.3, 0.4) is 0 Å². The summed E-state index contributed by atoms with van der Waals surface area (Å²) >= 11 is 0. The van der Waals surface area contributed by atoms with Crippen molar-refractivity contribution in [3.8, 4) is 5.75 Å². The van der Waals surface area contributed by atoms with Crippen LogP contribution < -0.4 is 15.6 Å². The zero-order chi connectivity index (χ0) is 20.3. The van der Waals surface area contributed by atoms with Gasteiger partial charge in [0.15, 0.2) is 17.7 Å². The molecule has 0 saturated carbocycles. The molecule has 0 aliphatic carbocycles. The molecule has 0 saturated heterocycles. The molecule has 0 bridgehead atoms. The largest absolute Gasteiger partial charge is 0.478 e. The number of halogens is 1. The van der Waals surface area contributed by atoms with E-state index in [1.54, 1.807) is 12.3 Å². The molecule has 0 aliphatic heterocycles. The molecule has 0 spiro atoms. The number of rotatable bonds is 5. The van der Waals surface area contributed by atoms with Gasteiger partial charge in [0.05, 0.1) is 12.7 Å². The highest BCUT2D eigenvalue weighted by molar-refractivity contribution is 5.90. The Labute approximate surface area is 161 Å². The number of hydrogen-bond acceptors (Lipinski definition) is 4. The van der Waals surface area contributed by atoms with E-state index in [-0.39, 0.29) is 12.2 Å². The van der Waals surface area contributed by atoms with Crippen molar-refractivity contribution in [1.82, 2.24) is 10.9 Å². The highest BCUT2D eigenvalue weighted by atomic mass is 19.1. The van der Waals surface area contributed by atoms with Gasteiger partial charge < -0.3 is 9.15 Å². The van der Waals surface area contributed by atoms with Gasteiger partial charge in [-0.3, -0.25) is 20.4 Å². The van der Waals surface area contributed by atoms with Gasteiger partial charge in [0.2, 0.25) is 5.91 Å². The number of aryl methyl sites for hydroxylation is 2. The number of hydrogen-bond donors (Lipinski definition) is 2. The summed E-state index contributed by atoms with van der Waals surface area (Å²) in [4.78, 5) is 24.2. The van der Waals surface area contributed by atoms with E-state index in [4.69, 9.17) is 9.15 Å². The molecule has 2 aromatic carbocycles. The molecule has 2 amide bonds. The van der Waals surface area contributed by atoms with Crippen molar-refractivity contribution in [1.29, 1.82) is 0 Å². The maximum absolute atomic E-state index is 13.6. The SMILES string of the molecule is Cc1ccc2c(CC(=O)NNC(=O)C(C)Oc3ccccc3F)coc2c1C. The van der Waals surface area contributed by atoms with E-state index in [1.807, 2.05) is 26.0 Å². The first-order valence-corrected chi connectivity index (χ1v) is 8.83. The number of benzene rings is 2. The molecule has 1 atom stereocenters. The number of amides is 2. The summed E-state index contributed by atoms with van der Waals surface area (Å²) < 4.78 is 24.4. The molecule has 1 heterocycles. The van der Waals surface area contributed by atoms with Crippen molar-refractivity contribution in [2.75, 3.05) is 0 Å². The smallest absolute Gasteiger partial charge is 0.279 e. The van der Waals surface area contributed by atoms with Crippen LogP contribution in [0, 0.1) is 19.7 Å². The number of carbonyl (C=O) groups is 2. The summed E-state index contributed by atoms with van der Waals surface area (Å²) in [5.74, 6) is -1.61. The summed E-state index contributed by atoms with van der Waals surface area (Å²) in [6.45, 7) is 5.41. The van der Waals surface area contributed by atoms with Crippen molar-refractivity contribution in [3.63, 3.8) is 0 Å². The van der Waals surface area contributed by atoms with Gasteiger partial charge in [0, 0.05) is 10.9 Å². The zero-order valence-electron chi connectivity index (χ0n) is 15.8. The van der Waals surface area contributed by atoms with Crippen molar-refractivity contribution < 1.29 is 23.1 Å². The Morgan fingerprint density at radius 1 is 1.14 bits per heavy atom. The van der Waals surface area contributed by atoms with Crippen LogP contribution in [0.4, 0.5) is 4.39 Å². The predicted octanol–water partition coefficient (Wildman–Crippen LogP) is 3.35. The number of hydrazine groups is 1. The highest BCUT2D eigenvalue weighted by Crippen LogP contribution is 2.26. The second kappa shape index (κ2) is 8.12. The molecule has 3 rings (SSSR count). The molecular weight excluding hydrogens is 363 g/mol. The fraction of sp³-hybridized carbons (Fsp3) is 0.238. The fourth-order valence-corrected chi connectivity index (χ4v) is 2.76. The third-order valence-electron chi connectivity index (χ3n) is 4.53. The van der Waals surface area contributed by atoms with Gasteiger partial charge in [0.1, 0.15) is 5.58 Å². The first-order valence-electron chi connectivity index (χ1n) is 8.83. The summed E-state index contributed by atoms with van der Waals surface area (Å²) in [7, 11) is 0. The number of fused-ring (bicyclic) bond motifs is 1. The zero-order valence-corrected chi connectivity index (χ0v) is 15.8. The molecule has 3 aromatic rings. The molecule has 146 valence electrons. The molecule has 1 aromatic heterocycles. The monoisotopic (exact) mass is 384 g/mol. The fourth-order valence-electron chi connectivity index (χ4n) is 2.76. The van der Waals surface area contributed by atoms with Gasteiger partial charge in [0.25, 0.3) is 5.91 Å². The van der Waals surface area contributed by atoms with Crippen LogP contribution >= 0.6 is 0 Å². The van der Waals surface area contributed by atoms with Crippen LogP contribution in [0.2, 0.25) is 0 Å². The minimum absolute atomic E-state index is 0.0352. The first-order chi connectivity index (χ1) is 13.4. The Balaban J connectivity index is 1.56. The molecule has 28 heavy (non-hydrogen) atoms. The van der Waals surface area contributed by atoms with Crippen molar-refractivity contribution >= 4 is 22.8 Å². The van der Waals surface area contributed by atoms with E-state index in [0.717, 1.165) is 27.7 Å². The normalized spacial score (nSPS) is 11.9. The maximum Gasteiger partial charge on any atom is 0.279 e. The van der Waals surface area contributed by atoms with E-state index in [2.05, 4.69) is 10.9 Å². The van der Waals surface area contributed by atoms with Crippen LogP contribution in [0.25, 0.3) is 11.0 Å². The average molecular weight is 384 g/mol. The Morgan fingerprint density at radius 2 is 1.89 bits per heavy atom. The van der Waals surface area contributed by atoms with Gasteiger partial charge >= 0.3 is 0 Å². The molecule has 7 heteroatoms. The summed E-state index contributed by atoms with van der Waals surface area (Å²) in [5, 5.41) is 0.862. The van der Waals surface area contributed by atoms with E-state index >= 15 is 0 Å². The first kappa shape index (κ1) is 19.4. The standard InChI is InChI=1S/C21H21FN2O4/c1-12-8-9-16-15(11-27-20(16)13(12)2)10-19(25)23-24-21(26)14(3)28-18-7-5-4-6-17(18)22/h4-9,11,14H,10H2,1-3H3,(H,23,25)(H,24,26). The predicted molar refractivity (Wildman–Crippen MR) is 102 cm³/mol. The van der Waals surface area contributed by atoms with Crippen LogP contribution in [0.5, 0.6) is 5.75 Å². The Hall–Kier alpha value is -3.35. The number of para-hydroxylation sites is 1. The third-order valence-corrected chi connectivity index (χ3v) is 4.53. The second-order valence-electron chi connectivity index (χ2n) is 6.55. The topological polar surface area (TPSA) is 80.6 Å². The molecule has 0 radical (unpaired) electrons. The summed E-state index contributed by atoms with van der Waals surface area (Å²) in [6, 6.07) is 9.66. The Kier molecular flexibility index (Phi) is 5.63. The van der Waals surface area contributed by atoms with Gasteiger partial charge in [-0.25, -0.2) is 4.39 Å². The Morgan fingerprint density at radius 3 is 2.64 bits per heavy atom. The van der Waals surface area contributed by atoms with Crippen LogP contribution in [0.15, 0.2) is 47.1 Å². The minimum Gasteiger partial charge on any atom is -0.478 e. The summed E-state index contributed by atoms with van der Waals surface area (Å²) in [5.41, 5.74) is 8.23. The molecule has 6 nitrogen and oxygen atoms in total. The molecule has 0 aliphatic rings. The van der Waals surface area contributed by atoms with E-state index in [0.29, 0.717) is 0 Å². The van der Waals surface area contributed by atoms with E-state index < -0.39 is 23.7 Å². The second-order valence-corrected chi connectivity index (χ2v) is 6.55. The lowest BCUT2D eigenvalue weighted by molar-refractivity contribution is -0.132. The van der Waals surface area contributed by atoms with Crippen LogP contribution in [0.1, 0.15) is 23.6 Å². The van der Waals surface area contributed by atoms with Crippen molar-refractivity contribution in [2.24, 2.45) is 0 Å². The van der Waals surface area contributed by atoms with Crippen molar-refractivity contribution in [3.05, 3.63) is 65.2 Å². The molecule has 0 fully saturated rings. The molecule has 2 N–H and O–H groups in total. The highest BCUT2D eigenvalue weighted by Gasteiger charge is 2.18. The van der Waals surface area contributed by atoms with Crippen LogP contribution in [-0.4, -0.2) is 17.9 Å². The number of ether oxygens (including phenoxy) is 1. The Bertz CT molecular complexity index is 1030. The lowest BCUT2D eigenvalue weighted by atomic mass is 10.0. The number of carbonyl (C=O) groups excluding carboxylic acids is 2. The van der Waals surface area contributed by atoms with Gasteiger partial charge in [-0.15, -0.1) is 0 Å². The van der Waals surface area contributed by atoms with Crippen LogP contribution in [-0.2, 0) is 16.0 Å². The van der Waals surface area contributed by atoms with Gasteiger partial charge in [-0.05, 0) is 44.0 Å². The lowest BCUT2D eigenvalue weighted by Gasteiger charge is -2.15. The van der Waals surface area contributed by atoms with E-state index in [1.165, 1.54) is 25.1 Å². The third kappa shape index (κ3) is 4.14. The quantitative estimate of drug-likeness (QED) is 0.661. The van der Waals surface area contributed by atoms with Gasteiger partial charge in [-0.1, -0.05) is 24.3 Å². The molecule has 1 unspecified atom stereocenters. The average Bonchev–Trinajstić information content (AvgIpc) is 3.08. The van der Waals surface area contributed by atoms with Gasteiger partial charge in [-0.2, -0.15) is 0 Å².